The molecule has 3 N–H and O–H groups in total. The maximum Gasteiger partial charge on any atom is 0.255 e. The molecule has 0 radical (unpaired) electrons. The Kier molecular flexibility index (Phi) is 7.16. The number of pyridine rings is 2. The number of aromatic nitrogens is 2. The summed E-state index contributed by atoms with van der Waals surface area (Å²) in [6.07, 6.45) is 7.91. The Morgan fingerprint density at radius 2 is 1.92 bits per heavy atom. The highest BCUT2D eigenvalue weighted by atomic mass is 35.5. The Morgan fingerprint density at radius 1 is 1.08 bits per heavy atom. The summed E-state index contributed by atoms with van der Waals surface area (Å²) in [6, 6.07) is 10.8. The number of carbonyl (C=O) groups excluding carboxylic acids is 2. The third-order valence-electron chi connectivity index (χ3n) is 5.91. The molecule has 0 spiro atoms. The molecule has 0 aliphatic carbocycles. The van der Waals surface area contributed by atoms with Crippen LogP contribution in [0.3, 0.4) is 0 Å². The highest BCUT2D eigenvalue weighted by Gasteiger charge is 2.19. The van der Waals surface area contributed by atoms with Crippen LogP contribution in [-0.4, -0.2) is 53.0 Å². The molecule has 1 aromatic carbocycles. The number of carbonyl (C=O) groups is 2. The van der Waals surface area contributed by atoms with E-state index >= 15 is 0 Å². The molecular weight excluding hydrogens is 494 g/mol. The average Bonchev–Trinajstić information content (AvgIpc) is 3.35. The van der Waals surface area contributed by atoms with Gasteiger partial charge in [0.05, 0.1) is 30.3 Å². The molecule has 1 aliphatic rings. The minimum Gasteiger partial charge on any atom is -0.458 e. The lowest BCUT2D eigenvalue weighted by Crippen LogP contribution is -2.40. The SMILES string of the molecule is Nc1ccc(C=CC(=O)NCc2cc3cc(-c4cncc(C(=O)N5CCOCC5)c4)cc(Cl)c3o2)cn1. The summed E-state index contributed by atoms with van der Waals surface area (Å²) in [7, 11) is 0. The van der Waals surface area contributed by atoms with E-state index in [0.717, 1.165) is 22.1 Å². The van der Waals surface area contributed by atoms with Gasteiger partial charge in [0, 0.05) is 48.7 Å². The lowest BCUT2D eigenvalue weighted by Gasteiger charge is -2.26. The number of benzene rings is 1. The van der Waals surface area contributed by atoms with Crippen LogP contribution in [0, 0.1) is 0 Å². The highest BCUT2D eigenvalue weighted by Crippen LogP contribution is 2.33. The van der Waals surface area contributed by atoms with Crippen LogP contribution in [0.25, 0.3) is 28.2 Å². The van der Waals surface area contributed by atoms with Gasteiger partial charge in [-0.1, -0.05) is 11.6 Å². The smallest absolute Gasteiger partial charge is 0.255 e. The number of nitrogen functional groups attached to an aromatic ring is 1. The van der Waals surface area contributed by atoms with Gasteiger partial charge >= 0.3 is 0 Å². The molecule has 4 aromatic rings. The second kappa shape index (κ2) is 10.8. The first-order valence-electron chi connectivity index (χ1n) is 11.7. The monoisotopic (exact) mass is 517 g/mol. The van der Waals surface area contributed by atoms with Crippen LogP contribution < -0.4 is 11.1 Å². The number of amides is 2. The predicted octanol–water partition coefficient (Wildman–Crippen LogP) is 3.93. The Hall–Kier alpha value is -4.21. The number of rotatable bonds is 6. The zero-order chi connectivity index (χ0) is 25.8. The summed E-state index contributed by atoms with van der Waals surface area (Å²) in [5.41, 5.74) is 8.93. The van der Waals surface area contributed by atoms with E-state index in [4.69, 9.17) is 26.5 Å². The van der Waals surface area contributed by atoms with Gasteiger partial charge in [-0.05, 0) is 53.6 Å². The minimum atomic E-state index is -0.281. The lowest BCUT2D eigenvalue weighted by atomic mass is 10.0. The largest absolute Gasteiger partial charge is 0.458 e. The standard InChI is InChI=1S/C27H24ClN5O4/c28-23-12-18(20-10-21(15-30-14-20)27(35)33-5-7-36-8-6-33)9-19-11-22(37-26(19)23)16-32-25(34)4-2-17-1-3-24(29)31-13-17/h1-4,9-15H,5-8,16H2,(H2,29,31)(H,32,34). The first-order valence-corrected chi connectivity index (χ1v) is 12.1. The van der Waals surface area contributed by atoms with E-state index in [1.165, 1.54) is 6.08 Å². The molecule has 0 bridgehead atoms. The molecule has 2 amide bonds. The highest BCUT2D eigenvalue weighted by molar-refractivity contribution is 6.35. The molecule has 0 atom stereocenters. The summed E-state index contributed by atoms with van der Waals surface area (Å²) in [5.74, 6) is 0.614. The number of fused-ring (bicyclic) bond motifs is 1. The first kappa shape index (κ1) is 24.5. The van der Waals surface area contributed by atoms with Crippen LogP contribution in [0.4, 0.5) is 5.82 Å². The molecule has 10 heteroatoms. The Morgan fingerprint density at radius 3 is 2.70 bits per heavy atom. The van der Waals surface area contributed by atoms with Crippen molar-refractivity contribution >= 4 is 46.3 Å². The minimum absolute atomic E-state index is 0.0760. The average molecular weight is 518 g/mol. The molecule has 1 fully saturated rings. The predicted molar refractivity (Wildman–Crippen MR) is 141 cm³/mol. The fourth-order valence-electron chi connectivity index (χ4n) is 4.00. The fraction of sp³-hybridized carbons (Fsp3) is 0.185. The molecule has 0 saturated carbocycles. The molecule has 4 heterocycles. The van der Waals surface area contributed by atoms with Crippen LogP contribution >= 0.6 is 11.6 Å². The van der Waals surface area contributed by atoms with Gasteiger partial charge in [0.25, 0.3) is 5.91 Å². The van der Waals surface area contributed by atoms with Crippen molar-refractivity contribution in [2.24, 2.45) is 0 Å². The molecule has 188 valence electrons. The summed E-state index contributed by atoms with van der Waals surface area (Å²) >= 11 is 6.52. The summed E-state index contributed by atoms with van der Waals surface area (Å²) in [6.45, 7) is 2.37. The Balaban J connectivity index is 1.29. The van der Waals surface area contributed by atoms with Crippen molar-refractivity contribution in [3.63, 3.8) is 0 Å². The van der Waals surface area contributed by atoms with E-state index in [1.54, 1.807) is 47.8 Å². The van der Waals surface area contributed by atoms with Crippen LogP contribution in [-0.2, 0) is 16.1 Å². The van der Waals surface area contributed by atoms with Gasteiger partial charge in [0.2, 0.25) is 5.91 Å². The van der Waals surface area contributed by atoms with E-state index < -0.39 is 0 Å². The third-order valence-corrected chi connectivity index (χ3v) is 6.19. The van der Waals surface area contributed by atoms with Gasteiger partial charge in [-0.2, -0.15) is 0 Å². The lowest BCUT2D eigenvalue weighted by molar-refractivity contribution is -0.116. The van der Waals surface area contributed by atoms with Crippen molar-refractivity contribution in [1.82, 2.24) is 20.2 Å². The normalized spacial score (nSPS) is 13.8. The fourth-order valence-corrected chi connectivity index (χ4v) is 4.27. The van der Waals surface area contributed by atoms with E-state index in [0.29, 0.717) is 54.1 Å². The van der Waals surface area contributed by atoms with Crippen LogP contribution in [0.15, 0.2) is 65.5 Å². The van der Waals surface area contributed by atoms with Crippen molar-refractivity contribution in [3.05, 3.63) is 83.0 Å². The molecule has 9 nitrogen and oxygen atoms in total. The molecule has 0 unspecified atom stereocenters. The summed E-state index contributed by atoms with van der Waals surface area (Å²) in [4.78, 5) is 35.1. The maximum atomic E-state index is 12.9. The van der Waals surface area contributed by atoms with Gasteiger partial charge in [0.15, 0.2) is 5.58 Å². The van der Waals surface area contributed by atoms with Crippen molar-refractivity contribution in [3.8, 4) is 11.1 Å². The van der Waals surface area contributed by atoms with Crippen LogP contribution in [0.5, 0.6) is 0 Å². The van der Waals surface area contributed by atoms with E-state index in [1.807, 2.05) is 18.2 Å². The summed E-state index contributed by atoms with van der Waals surface area (Å²) in [5, 5.41) is 3.99. The molecular formula is C27H24ClN5O4. The Labute approximate surface area is 217 Å². The van der Waals surface area contributed by atoms with Gasteiger partial charge in [-0.3, -0.25) is 14.6 Å². The van der Waals surface area contributed by atoms with Crippen molar-refractivity contribution < 1.29 is 18.7 Å². The number of nitrogens with one attached hydrogen (secondary N) is 1. The van der Waals surface area contributed by atoms with E-state index in [2.05, 4.69) is 15.3 Å². The number of nitrogens with zero attached hydrogens (tertiary/aromatic N) is 3. The first-order chi connectivity index (χ1) is 18.0. The van der Waals surface area contributed by atoms with Gasteiger partial charge in [-0.25, -0.2) is 4.98 Å². The number of morpholine rings is 1. The quantitative estimate of drug-likeness (QED) is 0.371. The van der Waals surface area contributed by atoms with Gasteiger partial charge < -0.3 is 25.1 Å². The second-order valence-electron chi connectivity index (χ2n) is 8.52. The number of hydrogen-bond acceptors (Lipinski definition) is 7. The number of hydrogen-bond donors (Lipinski definition) is 2. The topological polar surface area (TPSA) is 124 Å². The molecule has 1 saturated heterocycles. The van der Waals surface area contributed by atoms with Crippen LogP contribution in [0.1, 0.15) is 21.7 Å². The number of furan rings is 1. The van der Waals surface area contributed by atoms with Gasteiger partial charge in [0.1, 0.15) is 11.6 Å². The van der Waals surface area contributed by atoms with Crippen molar-refractivity contribution in [1.29, 1.82) is 0 Å². The summed E-state index contributed by atoms with van der Waals surface area (Å²) < 4.78 is 11.2. The second-order valence-corrected chi connectivity index (χ2v) is 8.93. The maximum absolute atomic E-state index is 12.9. The molecule has 3 aromatic heterocycles. The third kappa shape index (κ3) is 5.79. The van der Waals surface area contributed by atoms with E-state index in [9.17, 15) is 9.59 Å². The molecule has 5 rings (SSSR count). The van der Waals surface area contributed by atoms with Crippen molar-refractivity contribution in [2.45, 2.75) is 6.54 Å². The zero-order valence-corrected chi connectivity index (χ0v) is 20.6. The number of halogens is 1. The molecule has 37 heavy (non-hydrogen) atoms. The van der Waals surface area contributed by atoms with E-state index in [-0.39, 0.29) is 18.4 Å². The number of anilines is 1. The van der Waals surface area contributed by atoms with Crippen LogP contribution in [0.2, 0.25) is 5.02 Å². The molecule has 1 aliphatic heterocycles. The van der Waals surface area contributed by atoms with Crippen molar-refractivity contribution in [2.75, 3.05) is 32.0 Å². The number of nitrogens with two attached hydrogens (primary N) is 1. The number of ether oxygens (including phenoxy) is 1. The zero-order valence-electron chi connectivity index (χ0n) is 19.8. The van der Waals surface area contributed by atoms with Gasteiger partial charge in [-0.15, -0.1) is 0 Å². The Bertz CT molecular complexity index is 1480.